The molecular weight excluding hydrogens is 532 g/mol. The molecule has 0 bridgehead atoms. The summed E-state index contributed by atoms with van der Waals surface area (Å²) in [6, 6.07) is 42.2. The van der Waals surface area contributed by atoms with E-state index in [1.54, 1.807) is 0 Å². The molecule has 5 aromatic carbocycles. The van der Waals surface area contributed by atoms with Crippen LogP contribution in [0.2, 0.25) is 0 Å². The number of allylic oxidation sites excluding steroid dienone is 4. The van der Waals surface area contributed by atoms with Gasteiger partial charge in [-0.2, -0.15) is 0 Å². The summed E-state index contributed by atoms with van der Waals surface area (Å²) in [5, 5.41) is 5.04. The molecule has 1 aliphatic carbocycles. The van der Waals surface area contributed by atoms with Gasteiger partial charge >= 0.3 is 0 Å². The molecule has 2 heteroatoms. The van der Waals surface area contributed by atoms with Crippen LogP contribution < -0.4 is 0 Å². The van der Waals surface area contributed by atoms with Gasteiger partial charge in [0, 0.05) is 24.8 Å². The second kappa shape index (κ2) is 11.2. The maximum atomic E-state index is 4.24. The van der Waals surface area contributed by atoms with Crippen LogP contribution in [0.1, 0.15) is 18.4 Å². The van der Waals surface area contributed by atoms with Gasteiger partial charge in [-0.05, 0) is 132 Å². The van der Waals surface area contributed by atoms with Gasteiger partial charge in [0.05, 0.1) is 0 Å². The summed E-state index contributed by atoms with van der Waals surface area (Å²) in [6.45, 7) is 0. The average molecular weight is 563 g/mol. The van der Waals surface area contributed by atoms with Crippen molar-refractivity contribution in [1.29, 1.82) is 0 Å². The molecule has 208 valence electrons. The normalized spacial score (nSPS) is 12.9. The first-order valence-electron chi connectivity index (χ1n) is 15.2. The van der Waals surface area contributed by atoms with Gasteiger partial charge in [-0.15, -0.1) is 0 Å². The number of hydrogen-bond donors (Lipinski definition) is 0. The van der Waals surface area contributed by atoms with Crippen LogP contribution in [0.25, 0.3) is 71.6 Å². The van der Waals surface area contributed by atoms with E-state index in [1.165, 1.54) is 77.2 Å². The lowest BCUT2D eigenvalue weighted by Crippen LogP contribution is -1.94. The van der Waals surface area contributed by atoms with Gasteiger partial charge in [0.2, 0.25) is 0 Å². The predicted molar refractivity (Wildman–Crippen MR) is 185 cm³/mol. The first kappa shape index (κ1) is 26.1. The minimum atomic E-state index is 1.06. The highest BCUT2D eigenvalue weighted by atomic mass is 14.6. The molecule has 2 heterocycles. The first-order chi connectivity index (χ1) is 21.8. The Labute approximate surface area is 257 Å². The number of rotatable bonds is 5. The van der Waals surface area contributed by atoms with Gasteiger partial charge < -0.3 is 0 Å². The second-order valence-electron chi connectivity index (χ2n) is 11.3. The van der Waals surface area contributed by atoms with Crippen molar-refractivity contribution >= 4 is 27.1 Å². The van der Waals surface area contributed by atoms with Gasteiger partial charge in [-0.25, -0.2) is 0 Å². The zero-order valence-corrected chi connectivity index (χ0v) is 24.3. The van der Waals surface area contributed by atoms with Crippen molar-refractivity contribution in [3.8, 4) is 44.5 Å². The minimum absolute atomic E-state index is 1.06. The fraction of sp³-hybridized carbons (Fsp3) is 0.0476. The monoisotopic (exact) mass is 562 g/mol. The van der Waals surface area contributed by atoms with E-state index in [9.17, 15) is 0 Å². The summed E-state index contributed by atoms with van der Waals surface area (Å²) in [5.41, 5.74) is 12.4. The third kappa shape index (κ3) is 4.71. The highest BCUT2D eigenvalue weighted by Gasteiger charge is 2.19. The number of hydrogen-bond acceptors (Lipinski definition) is 2. The number of aromatic nitrogens is 2. The lowest BCUT2D eigenvalue weighted by Gasteiger charge is -2.20. The third-order valence-electron chi connectivity index (χ3n) is 8.74. The number of pyridine rings is 2. The Morgan fingerprint density at radius 3 is 1.52 bits per heavy atom. The molecule has 0 amide bonds. The number of nitrogens with zero attached hydrogens (tertiary/aromatic N) is 2. The molecule has 0 saturated carbocycles. The maximum absolute atomic E-state index is 4.24. The SMILES string of the molecule is C1=CCCC(c2ccc3c(-c4cccc(-c5ccncc5)c4)c4ccccc4c(-c4cccc(-c5ccncc5)c4)c3c2)=C1. The molecule has 44 heavy (non-hydrogen) atoms. The van der Waals surface area contributed by atoms with E-state index in [1.807, 2.05) is 24.8 Å². The summed E-state index contributed by atoms with van der Waals surface area (Å²) in [7, 11) is 0. The Hall–Kier alpha value is -5.60. The summed E-state index contributed by atoms with van der Waals surface area (Å²) in [4.78, 5) is 8.47. The molecule has 0 fully saturated rings. The minimum Gasteiger partial charge on any atom is -0.265 e. The van der Waals surface area contributed by atoms with Gasteiger partial charge in [0.1, 0.15) is 0 Å². The van der Waals surface area contributed by atoms with Crippen molar-refractivity contribution in [3.05, 3.63) is 164 Å². The highest BCUT2D eigenvalue weighted by Crippen LogP contribution is 2.45. The molecule has 8 rings (SSSR count). The van der Waals surface area contributed by atoms with Crippen LogP contribution in [-0.4, -0.2) is 9.97 Å². The van der Waals surface area contributed by atoms with E-state index in [0.717, 1.165) is 12.8 Å². The van der Waals surface area contributed by atoms with E-state index >= 15 is 0 Å². The summed E-state index contributed by atoms with van der Waals surface area (Å²) < 4.78 is 0. The second-order valence-corrected chi connectivity index (χ2v) is 11.3. The lowest BCUT2D eigenvalue weighted by atomic mass is 9.83. The third-order valence-corrected chi connectivity index (χ3v) is 8.74. The fourth-order valence-electron chi connectivity index (χ4n) is 6.64. The largest absolute Gasteiger partial charge is 0.265 e. The lowest BCUT2D eigenvalue weighted by molar-refractivity contribution is 1.05. The summed E-state index contributed by atoms with van der Waals surface area (Å²) in [5.74, 6) is 0. The van der Waals surface area contributed by atoms with Crippen molar-refractivity contribution in [3.63, 3.8) is 0 Å². The van der Waals surface area contributed by atoms with Crippen LogP contribution in [-0.2, 0) is 0 Å². The van der Waals surface area contributed by atoms with Crippen LogP contribution in [0.15, 0.2) is 158 Å². The molecule has 1 aliphatic rings. The van der Waals surface area contributed by atoms with E-state index in [-0.39, 0.29) is 0 Å². The van der Waals surface area contributed by atoms with Gasteiger partial charge in [0.25, 0.3) is 0 Å². The zero-order valence-electron chi connectivity index (χ0n) is 24.3. The van der Waals surface area contributed by atoms with Crippen LogP contribution in [0.4, 0.5) is 0 Å². The topological polar surface area (TPSA) is 25.8 Å². The molecule has 0 N–H and O–H groups in total. The van der Waals surface area contributed by atoms with Gasteiger partial charge in [-0.3, -0.25) is 9.97 Å². The Bertz CT molecular complexity index is 2210. The molecule has 2 nitrogen and oxygen atoms in total. The quantitative estimate of drug-likeness (QED) is 0.195. The van der Waals surface area contributed by atoms with Crippen molar-refractivity contribution in [2.45, 2.75) is 12.8 Å². The van der Waals surface area contributed by atoms with Crippen LogP contribution in [0.5, 0.6) is 0 Å². The van der Waals surface area contributed by atoms with E-state index in [0.29, 0.717) is 0 Å². The van der Waals surface area contributed by atoms with Crippen LogP contribution >= 0.6 is 0 Å². The standard InChI is InChI=1S/C42H30N2/c1-2-8-29(9-3-1)34-16-17-39-40(28-34)42(36-13-7-11-33(27-36)31-20-24-44-25-21-31)38-15-5-4-14-37(38)41(39)35-12-6-10-32(26-35)30-18-22-43-23-19-30/h1-2,4-8,10-28H,3,9H2. The van der Waals surface area contributed by atoms with Gasteiger partial charge in [0.15, 0.2) is 0 Å². The van der Waals surface area contributed by atoms with Crippen molar-refractivity contribution in [1.82, 2.24) is 9.97 Å². The highest BCUT2D eigenvalue weighted by molar-refractivity contribution is 6.22. The number of fused-ring (bicyclic) bond motifs is 2. The van der Waals surface area contributed by atoms with Crippen molar-refractivity contribution in [2.24, 2.45) is 0 Å². The predicted octanol–water partition coefficient (Wildman–Crippen LogP) is 11.2. The molecule has 0 unspecified atom stereocenters. The van der Waals surface area contributed by atoms with Gasteiger partial charge in [-0.1, -0.05) is 91.0 Å². The molecule has 0 radical (unpaired) electrons. The Kier molecular flexibility index (Phi) is 6.66. The molecule has 0 aliphatic heterocycles. The van der Waals surface area contributed by atoms with E-state index in [4.69, 9.17) is 0 Å². The number of benzene rings is 5. The fourth-order valence-corrected chi connectivity index (χ4v) is 6.64. The van der Waals surface area contributed by atoms with Crippen LogP contribution in [0, 0.1) is 0 Å². The Balaban J connectivity index is 1.44. The Morgan fingerprint density at radius 2 is 0.955 bits per heavy atom. The van der Waals surface area contributed by atoms with Crippen LogP contribution in [0.3, 0.4) is 0 Å². The molecule has 0 saturated heterocycles. The molecule has 0 spiro atoms. The molecule has 7 aromatic rings. The smallest absolute Gasteiger partial charge is 0.0273 e. The van der Waals surface area contributed by atoms with Crippen molar-refractivity contribution < 1.29 is 0 Å². The zero-order chi connectivity index (χ0) is 29.3. The average Bonchev–Trinajstić information content (AvgIpc) is 3.11. The maximum Gasteiger partial charge on any atom is 0.0273 e. The van der Waals surface area contributed by atoms with E-state index < -0.39 is 0 Å². The Morgan fingerprint density at radius 1 is 0.409 bits per heavy atom. The molecule has 2 aromatic heterocycles. The van der Waals surface area contributed by atoms with Crippen molar-refractivity contribution in [2.75, 3.05) is 0 Å². The molecular formula is C42H30N2. The van der Waals surface area contributed by atoms with E-state index in [2.05, 4.69) is 143 Å². The molecule has 0 atom stereocenters. The first-order valence-corrected chi connectivity index (χ1v) is 15.2. The summed E-state index contributed by atoms with van der Waals surface area (Å²) >= 11 is 0. The summed E-state index contributed by atoms with van der Waals surface area (Å²) in [6.07, 6.45) is 16.3.